The number of nitrogens with zero attached hydrogens (tertiary/aromatic N) is 4. The van der Waals surface area contributed by atoms with E-state index in [0.717, 1.165) is 0 Å². The average Bonchev–Trinajstić information content (AvgIpc) is 3.02. The Labute approximate surface area is 201 Å². The monoisotopic (exact) mass is 496 g/mol. The lowest BCUT2D eigenvalue weighted by molar-refractivity contribution is -0.384. The van der Waals surface area contributed by atoms with Crippen molar-refractivity contribution in [2.24, 2.45) is 4.99 Å². The number of ether oxygens (including phenoxy) is 1. The summed E-state index contributed by atoms with van der Waals surface area (Å²) in [5, 5.41) is 11.8. The van der Waals surface area contributed by atoms with Crippen LogP contribution in [0.3, 0.4) is 0 Å². The number of nitro benzene ring substituents is 1. The first-order valence-electron chi connectivity index (χ1n) is 9.31. The first-order chi connectivity index (χ1) is 14.8. The van der Waals surface area contributed by atoms with Gasteiger partial charge in [0.15, 0.2) is 5.17 Å². The maximum atomic E-state index is 13.1. The van der Waals surface area contributed by atoms with Crippen molar-refractivity contribution in [2.75, 3.05) is 34.3 Å². The fourth-order valence-corrected chi connectivity index (χ4v) is 3.98. The quantitative estimate of drug-likeness (QED) is 0.309. The van der Waals surface area contributed by atoms with Crippen molar-refractivity contribution < 1.29 is 14.5 Å². The number of carbonyl (C=O) groups is 1. The molecule has 1 fully saturated rings. The molecule has 8 nitrogen and oxygen atoms in total. The molecule has 0 N–H and O–H groups in total. The van der Waals surface area contributed by atoms with Crippen LogP contribution in [0.2, 0.25) is 5.02 Å². The smallest absolute Gasteiger partial charge is 0.288 e. The zero-order chi connectivity index (χ0) is 22.5. The lowest BCUT2D eigenvalue weighted by Crippen LogP contribution is -2.35. The van der Waals surface area contributed by atoms with Crippen molar-refractivity contribution in [1.29, 1.82) is 0 Å². The van der Waals surface area contributed by atoms with Gasteiger partial charge in [-0.3, -0.25) is 19.8 Å². The minimum absolute atomic E-state index is 0. The minimum atomic E-state index is -0.548. The number of carbonyl (C=O) groups excluding carboxylic acids is 1. The van der Waals surface area contributed by atoms with Gasteiger partial charge >= 0.3 is 0 Å². The molecule has 2 aromatic carbocycles. The van der Waals surface area contributed by atoms with Crippen LogP contribution in [0, 0.1) is 10.1 Å². The van der Waals surface area contributed by atoms with Gasteiger partial charge in [0, 0.05) is 19.2 Å². The topological polar surface area (TPSA) is 88.3 Å². The molecule has 1 saturated heterocycles. The number of thioether (sulfide) groups is 1. The maximum Gasteiger partial charge on any atom is 0.288 e. The third-order valence-corrected chi connectivity index (χ3v) is 5.75. The summed E-state index contributed by atoms with van der Waals surface area (Å²) in [6.07, 6.45) is 1.62. The van der Waals surface area contributed by atoms with Crippen LogP contribution in [0.15, 0.2) is 52.4 Å². The molecule has 0 atom stereocenters. The molecule has 0 unspecified atom stereocenters. The van der Waals surface area contributed by atoms with Crippen molar-refractivity contribution in [1.82, 2.24) is 9.80 Å². The number of aliphatic imine (C=N–C) groups is 1. The molecule has 1 amide bonds. The summed E-state index contributed by atoms with van der Waals surface area (Å²) in [5.41, 5.74) is 1.00. The van der Waals surface area contributed by atoms with E-state index in [0.29, 0.717) is 40.2 Å². The number of nitro groups is 1. The fourth-order valence-electron chi connectivity index (χ4n) is 2.77. The van der Waals surface area contributed by atoms with Crippen molar-refractivity contribution in [3.05, 3.63) is 68.1 Å². The van der Waals surface area contributed by atoms with Gasteiger partial charge in [-0.05, 0) is 67.8 Å². The van der Waals surface area contributed by atoms with Gasteiger partial charge in [0.25, 0.3) is 11.6 Å². The van der Waals surface area contributed by atoms with Crippen LogP contribution in [0.1, 0.15) is 5.56 Å². The number of amides is 1. The summed E-state index contributed by atoms with van der Waals surface area (Å²) in [6.45, 7) is 1.12. The number of rotatable bonds is 7. The van der Waals surface area contributed by atoms with Crippen molar-refractivity contribution in [3.8, 4) is 5.75 Å². The minimum Gasteiger partial charge on any atom is -0.497 e. The van der Waals surface area contributed by atoms with Gasteiger partial charge in [0.05, 0.1) is 22.6 Å². The molecule has 0 aliphatic carbocycles. The number of likely N-dealkylation sites (N-methyl/N-ethyl adjacent to an activating group) is 1. The Balaban J connectivity index is 0.00000363. The van der Waals surface area contributed by atoms with E-state index in [1.165, 1.54) is 23.9 Å². The predicted octanol–water partition coefficient (Wildman–Crippen LogP) is 4.84. The van der Waals surface area contributed by atoms with E-state index in [4.69, 9.17) is 16.3 Å². The van der Waals surface area contributed by atoms with Gasteiger partial charge in [0.2, 0.25) is 0 Å². The normalized spacial score (nSPS) is 16.0. The van der Waals surface area contributed by atoms with E-state index in [9.17, 15) is 14.9 Å². The lowest BCUT2D eigenvalue weighted by atomic mass is 10.2. The standard InChI is InChI=1S/C21H21ClN4O4S.ClH/c1-24(2)10-11-25-20(27)19(13-14-4-9-17(22)18(12-14)26(28)29)31-21(25)23-15-5-7-16(30-3)8-6-15;/h4-9,12-13H,10-11H2,1-3H3;1H/b19-13+,23-21?;. The molecule has 3 rings (SSSR count). The second-order valence-electron chi connectivity index (χ2n) is 6.93. The van der Waals surface area contributed by atoms with Crippen LogP contribution in [0.25, 0.3) is 6.08 Å². The Morgan fingerprint density at radius 2 is 1.94 bits per heavy atom. The molecule has 0 radical (unpaired) electrons. The summed E-state index contributed by atoms with van der Waals surface area (Å²) >= 11 is 7.12. The second-order valence-corrected chi connectivity index (χ2v) is 8.35. The third-order valence-electron chi connectivity index (χ3n) is 4.42. The van der Waals surface area contributed by atoms with E-state index < -0.39 is 4.92 Å². The van der Waals surface area contributed by atoms with Gasteiger partial charge in [-0.1, -0.05) is 17.7 Å². The van der Waals surface area contributed by atoms with Gasteiger partial charge < -0.3 is 9.64 Å². The molecule has 1 aliphatic heterocycles. The highest BCUT2D eigenvalue weighted by Gasteiger charge is 2.33. The Morgan fingerprint density at radius 3 is 2.53 bits per heavy atom. The zero-order valence-corrected chi connectivity index (χ0v) is 20.0. The van der Waals surface area contributed by atoms with E-state index >= 15 is 0 Å². The van der Waals surface area contributed by atoms with E-state index in [1.807, 2.05) is 31.1 Å². The van der Waals surface area contributed by atoms with E-state index in [-0.39, 0.29) is 29.0 Å². The SMILES string of the molecule is COc1ccc(N=C2S/C(=C/c3ccc(Cl)c([N+](=O)[O-])c3)C(=O)N2CCN(C)C)cc1.Cl. The molecular weight excluding hydrogens is 475 g/mol. The molecule has 0 aromatic heterocycles. The van der Waals surface area contributed by atoms with Crippen LogP contribution >= 0.6 is 35.8 Å². The third kappa shape index (κ3) is 6.23. The summed E-state index contributed by atoms with van der Waals surface area (Å²) in [4.78, 5) is 32.3. The molecule has 170 valence electrons. The van der Waals surface area contributed by atoms with Gasteiger partial charge in [0.1, 0.15) is 10.8 Å². The van der Waals surface area contributed by atoms with E-state index in [1.54, 1.807) is 36.3 Å². The fraction of sp³-hybridized carbons (Fsp3) is 0.238. The molecular formula is C21H22Cl2N4O4S. The maximum absolute atomic E-state index is 13.1. The molecule has 0 bridgehead atoms. The number of methoxy groups -OCH3 is 1. The summed E-state index contributed by atoms with van der Waals surface area (Å²) in [5.74, 6) is 0.519. The first kappa shape index (κ1) is 25.7. The number of halogens is 2. The zero-order valence-electron chi connectivity index (χ0n) is 17.6. The molecule has 1 aliphatic rings. The van der Waals surface area contributed by atoms with Crippen molar-refractivity contribution in [3.63, 3.8) is 0 Å². The second kappa shape index (κ2) is 11.3. The summed E-state index contributed by atoms with van der Waals surface area (Å²) in [6, 6.07) is 11.7. The molecule has 11 heteroatoms. The molecule has 0 spiro atoms. The Hall–Kier alpha value is -2.59. The Bertz CT molecular complexity index is 1060. The number of hydrogen-bond donors (Lipinski definition) is 0. The molecule has 32 heavy (non-hydrogen) atoms. The highest BCUT2D eigenvalue weighted by Crippen LogP contribution is 2.35. The highest BCUT2D eigenvalue weighted by molar-refractivity contribution is 8.18. The van der Waals surface area contributed by atoms with Crippen LogP contribution in [-0.4, -0.2) is 60.1 Å². The Kier molecular flexibility index (Phi) is 9.09. The Morgan fingerprint density at radius 1 is 1.25 bits per heavy atom. The summed E-state index contributed by atoms with van der Waals surface area (Å²) in [7, 11) is 5.45. The van der Waals surface area contributed by atoms with Gasteiger partial charge in [-0.2, -0.15) is 0 Å². The van der Waals surface area contributed by atoms with E-state index in [2.05, 4.69) is 4.99 Å². The summed E-state index contributed by atoms with van der Waals surface area (Å²) < 4.78 is 5.17. The van der Waals surface area contributed by atoms with Crippen LogP contribution < -0.4 is 4.74 Å². The first-order valence-corrected chi connectivity index (χ1v) is 10.5. The van der Waals surface area contributed by atoms with Gasteiger partial charge in [-0.25, -0.2) is 4.99 Å². The average molecular weight is 497 g/mol. The van der Waals surface area contributed by atoms with Crippen molar-refractivity contribution >= 4 is 64.3 Å². The molecule has 2 aromatic rings. The molecule has 0 saturated carbocycles. The predicted molar refractivity (Wildman–Crippen MR) is 131 cm³/mol. The van der Waals surface area contributed by atoms with Crippen LogP contribution in [0.4, 0.5) is 11.4 Å². The number of benzene rings is 2. The lowest BCUT2D eigenvalue weighted by Gasteiger charge is -2.18. The largest absolute Gasteiger partial charge is 0.497 e. The number of hydrogen-bond acceptors (Lipinski definition) is 7. The van der Waals surface area contributed by atoms with Crippen LogP contribution in [0.5, 0.6) is 5.75 Å². The molecule has 1 heterocycles. The number of amidine groups is 1. The van der Waals surface area contributed by atoms with Gasteiger partial charge in [-0.15, -0.1) is 12.4 Å². The highest BCUT2D eigenvalue weighted by atomic mass is 35.5. The van der Waals surface area contributed by atoms with Crippen molar-refractivity contribution in [2.45, 2.75) is 0 Å². The van der Waals surface area contributed by atoms with Crippen LogP contribution in [-0.2, 0) is 4.79 Å².